The molecule has 1 fully saturated rings. The van der Waals surface area contributed by atoms with Gasteiger partial charge in [-0.2, -0.15) is 0 Å². The summed E-state index contributed by atoms with van der Waals surface area (Å²) in [6.45, 7) is 7.80. The van der Waals surface area contributed by atoms with Crippen molar-refractivity contribution in [2.24, 2.45) is 5.92 Å². The highest BCUT2D eigenvalue weighted by molar-refractivity contribution is 4.86. The van der Waals surface area contributed by atoms with Gasteiger partial charge in [-0.3, -0.25) is 0 Å². The first-order valence-corrected chi connectivity index (χ1v) is 7.40. The van der Waals surface area contributed by atoms with Gasteiger partial charge in [0.1, 0.15) is 0 Å². The van der Waals surface area contributed by atoms with Crippen LogP contribution in [0.3, 0.4) is 0 Å². The minimum absolute atomic E-state index is 0.111. The minimum atomic E-state index is 0.111. The first kappa shape index (κ1) is 15.0. The van der Waals surface area contributed by atoms with Crippen molar-refractivity contribution in [2.45, 2.75) is 77.4 Å². The van der Waals surface area contributed by atoms with E-state index in [1.54, 1.807) is 0 Å². The van der Waals surface area contributed by atoms with E-state index in [2.05, 4.69) is 26.1 Å². The van der Waals surface area contributed by atoms with E-state index < -0.39 is 0 Å². The van der Waals surface area contributed by atoms with E-state index in [1.165, 1.54) is 44.9 Å². The van der Waals surface area contributed by atoms with Crippen molar-refractivity contribution in [1.29, 1.82) is 0 Å². The van der Waals surface area contributed by atoms with Crippen molar-refractivity contribution in [2.75, 3.05) is 13.6 Å². The fourth-order valence-electron chi connectivity index (χ4n) is 3.17. The Labute approximate surface area is 108 Å². The van der Waals surface area contributed by atoms with Crippen LogP contribution < -0.4 is 5.32 Å². The van der Waals surface area contributed by atoms with Crippen molar-refractivity contribution in [1.82, 2.24) is 5.32 Å². The third kappa shape index (κ3) is 5.39. The van der Waals surface area contributed by atoms with E-state index in [4.69, 9.17) is 4.74 Å². The van der Waals surface area contributed by atoms with Crippen molar-refractivity contribution in [3.63, 3.8) is 0 Å². The molecule has 2 nitrogen and oxygen atoms in total. The van der Waals surface area contributed by atoms with Crippen LogP contribution >= 0.6 is 0 Å². The lowest BCUT2D eigenvalue weighted by atomic mass is 9.93. The van der Waals surface area contributed by atoms with Crippen LogP contribution in [-0.2, 0) is 4.74 Å². The molecule has 17 heavy (non-hydrogen) atoms. The van der Waals surface area contributed by atoms with Crippen molar-refractivity contribution < 1.29 is 4.74 Å². The molecular weight excluding hydrogens is 210 g/mol. The molecule has 0 radical (unpaired) electrons. The summed E-state index contributed by atoms with van der Waals surface area (Å²) in [5, 5.41) is 3.34. The molecule has 1 rings (SSSR count). The van der Waals surface area contributed by atoms with Gasteiger partial charge in [0.05, 0.1) is 11.7 Å². The number of hydrogen-bond acceptors (Lipinski definition) is 2. The number of hydrogen-bond donors (Lipinski definition) is 1. The van der Waals surface area contributed by atoms with Gasteiger partial charge in [-0.05, 0) is 39.2 Å². The van der Waals surface area contributed by atoms with Crippen molar-refractivity contribution >= 4 is 0 Å². The summed E-state index contributed by atoms with van der Waals surface area (Å²) in [5.41, 5.74) is 0.111. The standard InChI is InChI=1S/C15H31NO/c1-13(2)11-14(3)17-15(12-16-4)9-7-5-6-8-10-15/h13-14,16H,5-12H2,1-4H3. The highest BCUT2D eigenvalue weighted by Gasteiger charge is 2.32. The maximum atomic E-state index is 6.45. The first-order chi connectivity index (χ1) is 8.08. The van der Waals surface area contributed by atoms with Crippen molar-refractivity contribution in [3.05, 3.63) is 0 Å². The zero-order valence-electron chi connectivity index (χ0n) is 12.2. The minimum Gasteiger partial charge on any atom is -0.371 e. The van der Waals surface area contributed by atoms with Gasteiger partial charge in [-0.1, -0.05) is 39.5 Å². The lowest BCUT2D eigenvalue weighted by Gasteiger charge is -2.36. The maximum Gasteiger partial charge on any atom is 0.0809 e. The molecule has 1 unspecified atom stereocenters. The predicted octanol–water partition coefficient (Wildman–Crippen LogP) is 3.75. The zero-order chi connectivity index (χ0) is 12.7. The summed E-state index contributed by atoms with van der Waals surface area (Å²) in [7, 11) is 2.04. The summed E-state index contributed by atoms with van der Waals surface area (Å²) < 4.78 is 6.45. The topological polar surface area (TPSA) is 21.3 Å². The lowest BCUT2D eigenvalue weighted by Crippen LogP contribution is -2.44. The molecule has 1 atom stereocenters. The van der Waals surface area contributed by atoms with Crippen LogP contribution in [0.25, 0.3) is 0 Å². The molecule has 0 amide bonds. The van der Waals surface area contributed by atoms with Crippen LogP contribution in [0.2, 0.25) is 0 Å². The van der Waals surface area contributed by atoms with Crippen LogP contribution in [-0.4, -0.2) is 25.3 Å². The second-order valence-electron chi connectivity index (χ2n) is 6.19. The molecule has 1 N–H and O–H groups in total. The average molecular weight is 241 g/mol. The molecule has 0 heterocycles. The largest absolute Gasteiger partial charge is 0.371 e. The van der Waals surface area contributed by atoms with Gasteiger partial charge >= 0.3 is 0 Å². The molecule has 0 aromatic carbocycles. The Kier molecular flexibility index (Phi) is 6.50. The van der Waals surface area contributed by atoms with Gasteiger partial charge in [-0.15, -0.1) is 0 Å². The van der Waals surface area contributed by atoms with Gasteiger partial charge in [0.25, 0.3) is 0 Å². The second-order valence-corrected chi connectivity index (χ2v) is 6.19. The Hall–Kier alpha value is -0.0800. The quantitative estimate of drug-likeness (QED) is 0.715. The summed E-state index contributed by atoms with van der Waals surface area (Å²) in [5.74, 6) is 0.724. The SMILES string of the molecule is CNCC1(OC(C)CC(C)C)CCCCCC1. The third-order valence-electron chi connectivity index (χ3n) is 3.77. The van der Waals surface area contributed by atoms with E-state index in [0.717, 1.165) is 12.5 Å². The molecule has 102 valence electrons. The molecular formula is C15H31NO. The second kappa shape index (κ2) is 7.38. The summed E-state index contributed by atoms with van der Waals surface area (Å²) in [6.07, 6.45) is 9.45. The van der Waals surface area contributed by atoms with Gasteiger partial charge in [-0.25, -0.2) is 0 Å². The highest BCUT2D eigenvalue weighted by Crippen LogP contribution is 2.32. The van der Waals surface area contributed by atoms with E-state index in [0.29, 0.717) is 6.10 Å². The smallest absolute Gasteiger partial charge is 0.0809 e. The Bertz CT molecular complexity index is 195. The molecule has 0 saturated heterocycles. The molecule has 2 heteroatoms. The summed E-state index contributed by atoms with van der Waals surface area (Å²) in [4.78, 5) is 0. The van der Waals surface area contributed by atoms with Gasteiger partial charge < -0.3 is 10.1 Å². The van der Waals surface area contributed by atoms with Gasteiger partial charge in [0, 0.05) is 6.54 Å². The zero-order valence-corrected chi connectivity index (χ0v) is 12.2. The lowest BCUT2D eigenvalue weighted by molar-refractivity contribution is -0.0991. The molecule has 0 bridgehead atoms. The number of ether oxygens (including phenoxy) is 1. The Morgan fingerprint density at radius 2 is 1.65 bits per heavy atom. The third-order valence-corrected chi connectivity index (χ3v) is 3.77. The molecule has 0 aromatic rings. The van der Waals surface area contributed by atoms with E-state index in [-0.39, 0.29) is 5.60 Å². The van der Waals surface area contributed by atoms with Crippen LogP contribution in [0, 0.1) is 5.92 Å². The van der Waals surface area contributed by atoms with Crippen molar-refractivity contribution in [3.8, 4) is 0 Å². The van der Waals surface area contributed by atoms with E-state index in [9.17, 15) is 0 Å². The van der Waals surface area contributed by atoms with Crippen LogP contribution in [0.15, 0.2) is 0 Å². The molecule has 0 aliphatic heterocycles. The Morgan fingerprint density at radius 3 is 2.12 bits per heavy atom. The van der Waals surface area contributed by atoms with Gasteiger partial charge in [0.2, 0.25) is 0 Å². The Morgan fingerprint density at radius 1 is 1.06 bits per heavy atom. The fraction of sp³-hybridized carbons (Fsp3) is 1.00. The van der Waals surface area contributed by atoms with Gasteiger partial charge in [0.15, 0.2) is 0 Å². The number of nitrogens with one attached hydrogen (secondary N) is 1. The monoisotopic (exact) mass is 241 g/mol. The molecule has 1 aliphatic carbocycles. The molecule has 0 spiro atoms. The molecule has 0 aromatic heterocycles. The molecule has 1 saturated carbocycles. The van der Waals surface area contributed by atoms with Crippen LogP contribution in [0.1, 0.15) is 65.7 Å². The highest BCUT2D eigenvalue weighted by atomic mass is 16.5. The van der Waals surface area contributed by atoms with E-state index in [1.807, 2.05) is 7.05 Å². The maximum absolute atomic E-state index is 6.45. The van der Waals surface area contributed by atoms with Crippen LogP contribution in [0.5, 0.6) is 0 Å². The number of rotatable bonds is 6. The number of likely N-dealkylation sites (N-methyl/N-ethyl adjacent to an activating group) is 1. The van der Waals surface area contributed by atoms with Crippen LogP contribution in [0.4, 0.5) is 0 Å². The summed E-state index contributed by atoms with van der Waals surface area (Å²) in [6, 6.07) is 0. The summed E-state index contributed by atoms with van der Waals surface area (Å²) >= 11 is 0. The fourth-order valence-corrected chi connectivity index (χ4v) is 3.17. The predicted molar refractivity (Wildman–Crippen MR) is 74.4 cm³/mol. The molecule has 1 aliphatic rings. The normalized spacial score (nSPS) is 22.4. The first-order valence-electron chi connectivity index (χ1n) is 7.40. The average Bonchev–Trinajstić information content (AvgIpc) is 2.43. The Balaban J connectivity index is 2.55. The van der Waals surface area contributed by atoms with E-state index >= 15 is 0 Å².